The molecule has 67 heavy (non-hydrogen) atoms. The number of carboxylic acids is 1. The van der Waals surface area contributed by atoms with Gasteiger partial charge in [0, 0.05) is 49.5 Å². The summed E-state index contributed by atoms with van der Waals surface area (Å²) in [7, 11) is 1.23. The lowest BCUT2D eigenvalue weighted by Crippen LogP contribution is -2.57. The van der Waals surface area contributed by atoms with Crippen LogP contribution >= 0.6 is 0 Å². The molecule has 3 rings (SSSR count). The number of hydrogen-bond acceptors (Lipinski definition) is 17. The van der Waals surface area contributed by atoms with Gasteiger partial charge in [-0.3, -0.25) is 9.59 Å². The molecular formula is C47H71N3O17. The van der Waals surface area contributed by atoms with Crippen molar-refractivity contribution >= 4 is 11.9 Å². The van der Waals surface area contributed by atoms with Crippen molar-refractivity contribution in [1.29, 1.82) is 0 Å². The third-order valence-electron chi connectivity index (χ3n) is 12.1. The van der Waals surface area contributed by atoms with E-state index in [0.29, 0.717) is 0 Å². The summed E-state index contributed by atoms with van der Waals surface area (Å²) in [6, 6.07) is -1.33. The Balaban J connectivity index is 1.90. The van der Waals surface area contributed by atoms with Gasteiger partial charge in [0.15, 0.2) is 12.1 Å². The Hall–Kier alpha value is -4.09. The summed E-state index contributed by atoms with van der Waals surface area (Å²) in [5, 5.41) is 111. The second kappa shape index (κ2) is 29.1. The van der Waals surface area contributed by atoms with Gasteiger partial charge in [-0.25, -0.2) is 0 Å². The quantitative estimate of drug-likeness (QED) is 0.0818. The predicted octanol–water partition coefficient (Wildman–Crippen LogP) is 2.33. The van der Waals surface area contributed by atoms with Crippen molar-refractivity contribution in [2.24, 2.45) is 22.9 Å². The number of methoxy groups -OCH3 is 1. The van der Waals surface area contributed by atoms with Gasteiger partial charge in [-0.15, -0.1) is 0 Å². The minimum atomic E-state index is -1.82. The summed E-state index contributed by atoms with van der Waals surface area (Å²) in [6.45, 7) is 4.85. The second-order valence-corrected chi connectivity index (χ2v) is 17.4. The molecule has 0 aromatic rings. The van der Waals surface area contributed by atoms with E-state index in [0.717, 1.165) is 0 Å². The third kappa shape index (κ3) is 19.1. The molecule has 2 bridgehead atoms. The number of esters is 1. The van der Waals surface area contributed by atoms with E-state index in [9.17, 15) is 60.7 Å². The Bertz CT molecular complexity index is 1780. The maximum Gasteiger partial charge on any atom is 0.311 e. The first kappa shape index (κ1) is 57.2. The van der Waals surface area contributed by atoms with Crippen molar-refractivity contribution < 1.29 is 84.3 Å². The van der Waals surface area contributed by atoms with Crippen molar-refractivity contribution in [3.63, 3.8) is 0 Å². The maximum atomic E-state index is 12.6. The number of allylic oxidation sites excluding steroid dienone is 12. The van der Waals surface area contributed by atoms with Crippen LogP contribution in [0.2, 0.25) is 0 Å². The zero-order valence-corrected chi connectivity index (χ0v) is 38.4. The highest BCUT2D eigenvalue weighted by Gasteiger charge is 2.52. The minimum Gasteiger partial charge on any atom is -0.481 e. The lowest BCUT2D eigenvalue weighted by molar-refractivity contribution is -0.315. The molecule has 3 aliphatic heterocycles. The van der Waals surface area contributed by atoms with Gasteiger partial charge in [-0.05, 0) is 31.7 Å². The van der Waals surface area contributed by atoms with Gasteiger partial charge >= 0.3 is 11.9 Å². The van der Waals surface area contributed by atoms with Crippen LogP contribution in [0.4, 0.5) is 0 Å². The van der Waals surface area contributed by atoms with Crippen LogP contribution in [-0.4, -0.2) is 168 Å². The first-order chi connectivity index (χ1) is 31.8. The molecule has 0 saturated carbocycles. The molecule has 0 amide bonds. The standard InChI is InChI=1S/C47H71N3O17/c1-28-17-15-13-11-9-7-5-6-8-10-12-14-16-18-34(66-46-44(60)42(49-50-48)38(57)27-64-46)24-39-41(45(61)62)37(56)26-47(63-4,67-39)25-33(53)22-36(55)35(54)20-19-31(51)21-32(52)23-40(58)65-30(3)29(2)43(28)59/h5-18,28-39,41-44,46,51-57,59-60H,19-27H2,1-4H3,(H,61,62)/b6-5+,9-7+,10-8+,13-11+,14-12+,17-15+,18-16+/t28-,29-,30-,31+,32?,33?,34?,35?,36?,37-,38+,39-,41?,42?,43+,44+,46?,47?/m0/s1. The molecule has 20 nitrogen and oxygen atoms in total. The highest BCUT2D eigenvalue weighted by molar-refractivity contribution is 5.71. The zero-order valence-electron chi connectivity index (χ0n) is 38.4. The third-order valence-corrected chi connectivity index (χ3v) is 12.1. The molecule has 0 aliphatic carbocycles. The Labute approximate surface area is 391 Å². The second-order valence-electron chi connectivity index (χ2n) is 17.4. The van der Waals surface area contributed by atoms with E-state index < -0.39 is 141 Å². The Morgan fingerprint density at radius 3 is 1.91 bits per heavy atom. The normalized spacial score (nSPS) is 43.2. The van der Waals surface area contributed by atoms with Crippen LogP contribution in [-0.2, 0) is 33.3 Å². The molecular weight excluding hydrogens is 879 g/mol. The van der Waals surface area contributed by atoms with Gasteiger partial charge in [-0.1, -0.05) is 104 Å². The fourth-order valence-corrected chi connectivity index (χ4v) is 8.08. The number of cyclic esters (lactones) is 1. The van der Waals surface area contributed by atoms with Gasteiger partial charge in [-0.2, -0.15) is 0 Å². The van der Waals surface area contributed by atoms with E-state index in [1.54, 1.807) is 86.8 Å². The monoisotopic (exact) mass is 949 g/mol. The SMILES string of the molecule is COC12CC(O)CC(O)C(O)CC[C@@H](O)CC(O)CC(=O)O[C@@H](C)[C@H](C)[C@H](O)[C@@H](C)/C=C/C=C/C=C/C=C/C=C/C=C/C=C/C(OC3OC[C@@H](O)C(N=[N+]=[N-])[C@H]3O)C[C@H](O1)C(C(=O)O)[C@@H](O)C2. The average molecular weight is 950 g/mol. The average Bonchev–Trinajstić information content (AvgIpc) is 3.26. The Kier molecular flexibility index (Phi) is 24.8. The Morgan fingerprint density at radius 1 is 0.731 bits per heavy atom. The molecule has 376 valence electrons. The molecule has 2 saturated heterocycles. The lowest BCUT2D eigenvalue weighted by Gasteiger charge is -2.46. The number of rotatable bonds is 5. The molecule has 3 heterocycles. The van der Waals surface area contributed by atoms with Crippen LogP contribution in [0.1, 0.15) is 72.1 Å². The Morgan fingerprint density at radius 2 is 1.33 bits per heavy atom. The molecule has 10 N–H and O–H groups in total. The molecule has 3 aliphatic rings. The number of ether oxygens (including phenoxy) is 5. The van der Waals surface area contributed by atoms with E-state index >= 15 is 0 Å². The van der Waals surface area contributed by atoms with Gasteiger partial charge in [0.2, 0.25) is 0 Å². The van der Waals surface area contributed by atoms with E-state index in [1.165, 1.54) is 13.2 Å². The van der Waals surface area contributed by atoms with Crippen molar-refractivity contribution in [2.75, 3.05) is 13.7 Å². The molecule has 20 heteroatoms. The predicted molar refractivity (Wildman–Crippen MR) is 242 cm³/mol. The molecule has 0 spiro atoms. The first-order valence-electron chi connectivity index (χ1n) is 22.6. The van der Waals surface area contributed by atoms with Crippen molar-refractivity contribution in [3.05, 3.63) is 95.5 Å². The van der Waals surface area contributed by atoms with Crippen LogP contribution in [0.5, 0.6) is 0 Å². The highest BCUT2D eigenvalue weighted by Crippen LogP contribution is 2.40. The summed E-state index contributed by atoms with van der Waals surface area (Å²) in [5.74, 6) is -6.24. The summed E-state index contributed by atoms with van der Waals surface area (Å²) in [6.07, 6.45) is 4.85. The number of fused-ring (bicyclic) bond motifs is 2. The number of aliphatic carboxylic acids is 1. The largest absolute Gasteiger partial charge is 0.481 e. The molecule has 2 fully saturated rings. The van der Waals surface area contributed by atoms with Gasteiger partial charge in [0.1, 0.15) is 18.1 Å². The highest BCUT2D eigenvalue weighted by atomic mass is 16.7. The zero-order chi connectivity index (χ0) is 49.7. The van der Waals surface area contributed by atoms with E-state index in [1.807, 2.05) is 13.0 Å². The number of nitrogens with zero attached hydrogens (tertiary/aromatic N) is 3. The summed E-state index contributed by atoms with van der Waals surface area (Å²) in [5.41, 5.74) is 9.01. The molecule has 0 aromatic carbocycles. The maximum absolute atomic E-state index is 12.6. The minimum absolute atomic E-state index is 0.0938. The number of aliphatic hydroxyl groups excluding tert-OH is 9. The van der Waals surface area contributed by atoms with Crippen molar-refractivity contribution in [1.82, 2.24) is 0 Å². The first-order valence-corrected chi connectivity index (χ1v) is 22.6. The summed E-state index contributed by atoms with van der Waals surface area (Å²) >= 11 is 0. The fraction of sp³-hybridized carbons (Fsp3) is 0.660. The van der Waals surface area contributed by atoms with Crippen LogP contribution in [0.25, 0.3) is 10.4 Å². The van der Waals surface area contributed by atoms with E-state index in [2.05, 4.69) is 10.0 Å². The van der Waals surface area contributed by atoms with Crippen molar-refractivity contribution in [2.45, 2.75) is 164 Å². The molecule has 9 unspecified atom stereocenters. The number of azide groups is 1. The molecule has 0 aromatic heterocycles. The number of aliphatic hydroxyl groups is 9. The smallest absolute Gasteiger partial charge is 0.311 e. The van der Waals surface area contributed by atoms with E-state index in [4.69, 9.17) is 29.2 Å². The van der Waals surface area contributed by atoms with Gasteiger partial charge in [0.05, 0.1) is 80.1 Å². The van der Waals surface area contributed by atoms with Crippen LogP contribution in [0.15, 0.2) is 90.2 Å². The van der Waals surface area contributed by atoms with Crippen LogP contribution in [0, 0.1) is 17.8 Å². The number of hydrogen-bond donors (Lipinski definition) is 10. The fourth-order valence-electron chi connectivity index (χ4n) is 8.08. The number of carbonyl (C=O) groups excluding carboxylic acids is 1. The summed E-state index contributed by atoms with van der Waals surface area (Å²) < 4.78 is 29.0. The topological polar surface area (TPSA) is 331 Å². The molecule has 18 atom stereocenters. The number of carboxylic acid groups (broad SMARTS) is 1. The lowest BCUT2D eigenvalue weighted by atomic mass is 9.82. The van der Waals surface area contributed by atoms with Gasteiger partial charge in [0.25, 0.3) is 0 Å². The van der Waals surface area contributed by atoms with Crippen LogP contribution in [0.3, 0.4) is 0 Å². The molecule has 0 radical (unpaired) electrons. The van der Waals surface area contributed by atoms with Crippen molar-refractivity contribution in [3.8, 4) is 0 Å². The van der Waals surface area contributed by atoms with Gasteiger partial charge < -0.3 is 74.7 Å². The summed E-state index contributed by atoms with van der Waals surface area (Å²) in [4.78, 5) is 27.9. The van der Waals surface area contributed by atoms with Crippen LogP contribution < -0.4 is 0 Å². The van der Waals surface area contributed by atoms with E-state index in [-0.39, 0.29) is 38.2 Å². The number of carbonyl (C=O) groups is 2.